The second kappa shape index (κ2) is 11.0. The van der Waals surface area contributed by atoms with Gasteiger partial charge in [-0.25, -0.2) is 0 Å². The fourth-order valence-corrected chi connectivity index (χ4v) is 2.28. The molecule has 0 aromatic heterocycles. The van der Waals surface area contributed by atoms with E-state index in [0.29, 0.717) is 21.3 Å². The monoisotopic (exact) mass is 437 g/mol. The first-order chi connectivity index (χ1) is 13.8. The molecular formula is C19H17Cl2N3O5. The number of ether oxygens (including phenoxy) is 1. The third-order valence-electron chi connectivity index (χ3n) is 3.47. The molecule has 0 aliphatic carbocycles. The van der Waals surface area contributed by atoms with E-state index in [1.807, 2.05) is 0 Å². The summed E-state index contributed by atoms with van der Waals surface area (Å²) in [4.78, 5) is 46.9. The molecule has 3 N–H and O–H groups in total. The number of hydrogen-bond donors (Lipinski definition) is 3. The molecule has 152 valence electrons. The van der Waals surface area contributed by atoms with Crippen LogP contribution in [0.25, 0.3) is 0 Å². The zero-order valence-electron chi connectivity index (χ0n) is 15.0. The Labute approximate surface area is 176 Å². The van der Waals surface area contributed by atoms with Crippen LogP contribution in [0.4, 0.5) is 5.69 Å². The van der Waals surface area contributed by atoms with Gasteiger partial charge in [0.15, 0.2) is 6.61 Å². The molecule has 2 aromatic rings. The maximum atomic E-state index is 11.8. The van der Waals surface area contributed by atoms with Gasteiger partial charge in [-0.05, 0) is 48.5 Å². The van der Waals surface area contributed by atoms with E-state index in [9.17, 15) is 19.2 Å². The van der Waals surface area contributed by atoms with Gasteiger partial charge in [0.05, 0.1) is 6.42 Å². The lowest BCUT2D eigenvalue weighted by molar-refractivity contribution is -0.148. The predicted octanol–water partition coefficient (Wildman–Crippen LogP) is 2.72. The van der Waals surface area contributed by atoms with Crippen LogP contribution in [-0.4, -0.2) is 30.3 Å². The Morgan fingerprint density at radius 1 is 0.759 bits per heavy atom. The Morgan fingerprint density at radius 2 is 1.34 bits per heavy atom. The topological polar surface area (TPSA) is 114 Å². The second-order valence-electron chi connectivity index (χ2n) is 5.72. The van der Waals surface area contributed by atoms with Crippen molar-refractivity contribution >= 4 is 52.6 Å². The second-order valence-corrected chi connectivity index (χ2v) is 6.60. The van der Waals surface area contributed by atoms with Crippen molar-refractivity contribution in [3.63, 3.8) is 0 Å². The summed E-state index contributed by atoms with van der Waals surface area (Å²) >= 11 is 11.5. The zero-order valence-corrected chi connectivity index (χ0v) is 16.5. The molecule has 8 nitrogen and oxygen atoms in total. The highest BCUT2D eigenvalue weighted by atomic mass is 35.5. The molecule has 0 atom stereocenters. The molecule has 0 saturated carbocycles. The summed E-state index contributed by atoms with van der Waals surface area (Å²) in [7, 11) is 0. The normalized spacial score (nSPS) is 10.0. The highest BCUT2D eigenvalue weighted by Gasteiger charge is 2.12. The minimum Gasteiger partial charge on any atom is -0.456 e. The maximum Gasteiger partial charge on any atom is 0.306 e. The Morgan fingerprint density at radius 3 is 1.97 bits per heavy atom. The average Bonchev–Trinajstić information content (AvgIpc) is 2.71. The fraction of sp³-hybridized carbons (Fsp3) is 0.158. The van der Waals surface area contributed by atoms with Crippen molar-refractivity contribution in [2.75, 3.05) is 11.9 Å². The van der Waals surface area contributed by atoms with Gasteiger partial charge in [0, 0.05) is 27.7 Å². The Bertz CT molecular complexity index is 886. The predicted molar refractivity (Wildman–Crippen MR) is 107 cm³/mol. The smallest absolute Gasteiger partial charge is 0.306 e. The number of anilines is 1. The van der Waals surface area contributed by atoms with Crippen molar-refractivity contribution in [2.24, 2.45) is 0 Å². The van der Waals surface area contributed by atoms with Crippen LogP contribution in [0.2, 0.25) is 10.0 Å². The van der Waals surface area contributed by atoms with Crippen molar-refractivity contribution in [3.8, 4) is 0 Å². The lowest BCUT2D eigenvalue weighted by Gasteiger charge is -2.08. The van der Waals surface area contributed by atoms with E-state index in [4.69, 9.17) is 27.9 Å². The van der Waals surface area contributed by atoms with E-state index in [1.165, 1.54) is 24.3 Å². The molecule has 0 aliphatic rings. The van der Waals surface area contributed by atoms with Crippen molar-refractivity contribution in [3.05, 3.63) is 64.1 Å². The Balaban J connectivity index is 1.63. The maximum absolute atomic E-state index is 11.8. The van der Waals surface area contributed by atoms with E-state index in [1.54, 1.807) is 24.3 Å². The lowest BCUT2D eigenvalue weighted by atomic mass is 10.2. The first-order valence-electron chi connectivity index (χ1n) is 8.39. The van der Waals surface area contributed by atoms with Crippen molar-refractivity contribution in [1.29, 1.82) is 0 Å². The zero-order chi connectivity index (χ0) is 21.2. The highest BCUT2D eigenvalue weighted by Crippen LogP contribution is 2.13. The summed E-state index contributed by atoms with van der Waals surface area (Å²) in [5.74, 6) is -2.37. The molecule has 2 rings (SSSR count). The summed E-state index contributed by atoms with van der Waals surface area (Å²) in [6.07, 6.45) is -0.477. The number of nitrogens with one attached hydrogen (secondary N) is 3. The van der Waals surface area contributed by atoms with Gasteiger partial charge in [-0.3, -0.25) is 30.0 Å². The fourth-order valence-electron chi connectivity index (χ4n) is 2.03. The van der Waals surface area contributed by atoms with E-state index in [0.717, 1.165) is 0 Å². The quantitative estimate of drug-likeness (QED) is 0.455. The molecule has 0 unspecified atom stereocenters. The molecule has 29 heavy (non-hydrogen) atoms. The summed E-state index contributed by atoms with van der Waals surface area (Å²) in [6.45, 7) is -0.490. The number of hydrazine groups is 1. The Hall–Kier alpha value is -3.10. The summed E-state index contributed by atoms with van der Waals surface area (Å²) in [5.41, 5.74) is 5.21. The highest BCUT2D eigenvalue weighted by molar-refractivity contribution is 6.31. The molecule has 2 aromatic carbocycles. The number of carbonyl (C=O) groups excluding carboxylic acids is 4. The van der Waals surface area contributed by atoms with Gasteiger partial charge in [-0.15, -0.1) is 0 Å². The van der Waals surface area contributed by atoms with Crippen molar-refractivity contribution in [1.82, 2.24) is 10.9 Å². The van der Waals surface area contributed by atoms with Crippen LogP contribution in [0.5, 0.6) is 0 Å². The number of esters is 1. The molecule has 0 spiro atoms. The van der Waals surface area contributed by atoms with Crippen LogP contribution >= 0.6 is 23.2 Å². The van der Waals surface area contributed by atoms with E-state index < -0.39 is 30.3 Å². The Kier molecular flexibility index (Phi) is 8.45. The van der Waals surface area contributed by atoms with Gasteiger partial charge in [0.2, 0.25) is 5.91 Å². The van der Waals surface area contributed by atoms with Crippen LogP contribution in [-0.2, 0) is 19.1 Å². The van der Waals surface area contributed by atoms with E-state index in [2.05, 4.69) is 16.2 Å². The first-order valence-corrected chi connectivity index (χ1v) is 9.15. The van der Waals surface area contributed by atoms with Crippen molar-refractivity contribution in [2.45, 2.75) is 12.8 Å². The third kappa shape index (κ3) is 8.20. The number of hydrogen-bond acceptors (Lipinski definition) is 5. The SMILES string of the molecule is O=C(CCC(=O)OCC(=O)Nc1ccc(Cl)cc1)NNC(=O)c1ccc(Cl)cc1. The van der Waals surface area contributed by atoms with Gasteiger partial charge >= 0.3 is 5.97 Å². The molecule has 0 aliphatic heterocycles. The molecule has 10 heteroatoms. The standard InChI is InChI=1S/C19H17Cl2N3O5/c20-13-3-1-12(2-4-13)19(28)24-23-16(25)9-10-18(27)29-11-17(26)22-15-7-5-14(21)6-8-15/h1-8H,9-11H2,(H,22,26)(H,23,25)(H,24,28). The van der Waals surface area contributed by atoms with Gasteiger partial charge in [-0.1, -0.05) is 23.2 Å². The molecular weight excluding hydrogens is 421 g/mol. The van der Waals surface area contributed by atoms with E-state index in [-0.39, 0.29) is 12.8 Å². The van der Waals surface area contributed by atoms with Gasteiger partial charge in [0.1, 0.15) is 0 Å². The summed E-state index contributed by atoms with van der Waals surface area (Å²) in [6, 6.07) is 12.5. The number of amides is 3. The molecule has 3 amide bonds. The number of halogens is 2. The van der Waals surface area contributed by atoms with Gasteiger partial charge in [-0.2, -0.15) is 0 Å². The van der Waals surface area contributed by atoms with Crippen LogP contribution in [0.1, 0.15) is 23.2 Å². The van der Waals surface area contributed by atoms with Crippen molar-refractivity contribution < 1.29 is 23.9 Å². The van der Waals surface area contributed by atoms with Crippen LogP contribution in [0.3, 0.4) is 0 Å². The van der Waals surface area contributed by atoms with Crippen LogP contribution < -0.4 is 16.2 Å². The summed E-state index contributed by atoms with van der Waals surface area (Å²) in [5, 5.41) is 3.53. The average molecular weight is 438 g/mol. The number of benzene rings is 2. The summed E-state index contributed by atoms with van der Waals surface area (Å²) < 4.78 is 4.80. The minimum absolute atomic E-state index is 0.224. The lowest BCUT2D eigenvalue weighted by Crippen LogP contribution is -2.41. The third-order valence-corrected chi connectivity index (χ3v) is 3.97. The molecule has 0 radical (unpaired) electrons. The number of carbonyl (C=O) groups is 4. The first kappa shape index (κ1) is 22.2. The van der Waals surface area contributed by atoms with Crippen LogP contribution in [0, 0.1) is 0 Å². The van der Waals surface area contributed by atoms with Crippen LogP contribution in [0.15, 0.2) is 48.5 Å². The molecule has 0 saturated heterocycles. The minimum atomic E-state index is -0.726. The molecule has 0 fully saturated rings. The van der Waals surface area contributed by atoms with Gasteiger partial charge < -0.3 is 10.1 Å². The molecule has 0 heterocycles. The number of rotatable bonds is 7. The van der Waals surface area contributed by atoms with Gasteiger partial charge in [0.25, 0.3) is 11.8 Å². The van der Waals surface area contributed by atoms with E-state index >= 15 is 0 Å². The molecule has 0 bridgehead atoms. The largest absolute Gasteiger partial charge is 0.456 e.